The molecule has 0 N–H and O–H groups in total. The van der Waals surface area contributed by atoms with Crippen LogP contribution in [0, 0.1) is 47.3 Å². The summed E-state index contributed by atoms with van der Waals surface area (Å²) < 4.78 is 15.2. The number of benzene rings is 1. The van der Waals surface area contributed by atoms with E-state index in [1.807, 2.05) is 0 Å². The third-order valence-electron chi connectivity index (χ3n) is 18.3. The lowest BCUT2D eigenvalue weighted by Gasteiger charge is -2.72. The molecule has 6 heterocycles. The Hall–Kier alpha value is -1.08. The van der Waals surface area contributed by atoms with Gasteiger partial charge in [-0.25, -0.2) is 10.0 Å². The lowest BCUT2D eigenvalue weighted by molar-refractivity contribution is -0.327. The average molecular weight is 648 g/mol. The molecule has 256 valence electrons. The number of rotatable bonds is 0. The van der Waals surface area contributed by atoms with Crippen LogP contribution in [0.5, 0.6) is 5.75 Å². The molecular formula is C42H58BN3O2. The minimum atomic E-state index is 0.200. The molecule has 11 fully saturated rings. The fourth-order valence-electron chi connectivity index (χ4n) is 17.5. The van der Waals surface area contributed by atoms with Crippen LogP contribution in [-0.4, -0.2) is 76.2 Å². The van der Waals surface area contributed by atoms with Crippen molar-refractivity contribution < 1.29 is 9.47 Å². The predicted molar refractivity (Wildman–Crippen MR) is 188 cm³/mol. The summed E-state index contributed by atoms with van der Waals surface area (Å²) in [5.74, 6) is 8.88. The van der Waals surface area contributed by atoms with Gasteiger partial charge in [0.05, 0.1) is 18.2 Å². The van der Waals surface area contributed by atoms with Gasteiger partial charge in [-0.05, 0) is 123 Å². The van der Waals surface area contributed by atoms with Gasteiger partial charge < -0.3 is 14.3 Å². The molecular weight excluding hydrogens is 589 g/mol. The van der Waals surface area contributed by atoms with Crippen molar-refractivity contribution in [2.45, 2.75) is 176 Å². The van der Waals surface area contributed by atoms with Crippen molar-refractivity contribution in [2.75, 3.05) is 0 Å². The predicted octanol–water partition coefficient (Wildman–Crippen LogP) is 6.90. The second kappa shape index (κ2) is 10.3. The second-order valence-corrected chi connectivity index (χ2v) is 19.5. The van der Waals surface area contributed by atoms with Crippen LogP contribution in [0.25, 0.3) is 0 Å². The maximum atomic E-state index is 7.71. The molecule has 12 aliphatic rings. The Bertz CT molecular complexity index is 1470. The molecule has 18 atom stereocenters. The van der Waals surface area contributed by atoms with Crippen LogP contribution in [-0.2, 0) is 4.74 Å². The smallest absolute Gasteiger partial charge is 0.269 e. The van der Waals surface area contributed by atoms with Gasteiger partial charge in [-0.2, -0.15) is 0 Å². The van der Waals surface area contributed by atoms with Crippen LogP contribution in [0.4, 0.5) is 0 Å². The van der Waals surface area contributed by atoms with E-state index in [1.54, 1.807) is 5.46 Å². The number of ether oxygens (including phenoxy) is 2. The Kier molecular flexibility index (Phi) is 6.11. The number of hydrazine groups is 1. The molecule has 5 nitrogen and oxygen atoms in total. The molecule has 0 bridgehead atoms. The van der Waals surface area contributed by atoms with Gasteiger partial charge in [-0.1, -0.05) is 69.6 Å². The van der Waals surface area contributed by atoms with E-state index in [0.29, 0.717) is 30.9 Å². The van der Waals surface area contributed by atoms with Crippen molar-refractivity contribution in [3.8, 4) is 5.75 Å². The van der Waals surface area contributed by atoms with Gasteiger partial charge in [0.15, 0.2) is 0 Å². The number of para-hydroxylation sites is 1. The van der Waals surface area contributed by atoms with E-state index in [9.17, 15) is 0 Å². The highest BCUT2D eigenvalue weighted by Gasteiger charge is 2.75. The highest BCUT2D eigenvalue weighted by molar-refractivity contribution is 6.74. The molecule has 48 heavy (non-hydrogen) atoms. The fraction of sp³-hybridized carbons (Fsp3) is 0.857. The van der Waals surface area contributed by atoms with Crippen LogP contribution in [0.3, 0.4) is 0 Å². The topological polar surface area (TPSA) is 28.2 Å². The van der Waals surface area contributed by atoms with Crippen LogP contribution in [0.2, 0.25) is 5.82 Å². The quantitative estimate of drug-likeness (QED) is 0.286. The van der Waals surface area contributed by atoms with Crippen molar-refractivity contribution >= 4 is 12.3 Å². The zero-order valence-electron chi connectivity index (χ0n) is 29.2. The Morgan fingerprint density at radius 2 is 1.15 bits per heavy atom. The SMILES string of the molecule is c1ccc2c(c1)OC1C3OC4CCCCC4N4C3C(C3CCCC5C6CCCCC6N4C53)C3C4CCCC5C6CCCCC6N(B2C13)C54. The summed E-state index contributed by atoms with van der Waals surface area (Å²) in [7, 11) is 0. The largest absolute Gasteiger partial charge is 0.489 e. The summed E-state index contributed by atoms with van der Waals surface area (Å²) in [5.41, 5.74) is 1.56. The molecule has 6 aliphatic heterocycles. The van der Waals surface area contributed by atoms with Gasteiger partial charge in [-0.3, -0.25) is 0 Å². The number of morpholine rings is 1. The van der Waals surface area contributed by atoms with E-state index in [2.05, 4.69) is 39.1 Å². The highest BCUT2D eigenvalue weighted by atomic mass is 16.6. The third-order valence-corrected chi connectivity index (χ3v) is 18.3. The maximum absolute atomic E-state index is 7.71. The van der Waals surface area contributed by atoms with Gasteiger partial charge in [0.25, 0.3) is 6.85 Å². The molecule has 1 aromatic carbocycles. The first-order chi connectivity index (χ1) is 23.9. The summed E-state index contributed by atoms with van der Waals surface area (Å²) in [4.78, 5) is 3.28. The van der Waals surface area contributed by atoms with Gasteiger partial charge >= 0.3 is 0 Å². The van der Waals surface area contributed by atoms with Crippen LogP contribution < -0.4 is 10.2 Å². The first-order valence-corrected chi connectivity index (χ1v) is 21.6. The van der Waals surface area contributed by atoms with Gasteiger partial charge in [0, 0.05) is 30.0 Å². The third kappa shape index (κ3) is 3.43. The molecule has 0 radical (unpaired) electrons. The van der Waals surface area contributed by atoms with Crippen molar-refractivity contribution in [2.24, 2.45) is 47.3 Å². The number of fused-ring (bicyclic) bond motifs is 16. The highest BCUT2D eigenvalue weighted by Crippen LogP contribution is 2.69. The van der Waals surface area contributed by atoms with Gasteiger partial charge in [-0.15, -0.1) is 0 Å². The molecule has 1 aromatic rings. The first-order valence-electron chi connectivity index (χ1n) is 21.6. The lowest BCUT2D eigenvalue weighted by Crippen LogP contribution is -2.83. The number of hydrogen-bond donors (Lipinski definition) is 0. The molecule has 5 saturated heterocycles. The van der Waals surface area contributed by atoms with Gasteiger partial charge in [0.1, 0.15) is 18.0 Å². The Morgan fingerprint density at radius 1 is 0.521 bits per heavy atom. The molecule has 18 unspecified atom stereocenters. The number of hydrogen-bond acceptors (Lipinski definition) is 5. The van der Waals surface area contributed by atoms with Crippen molar-refractivity contribution in [3.05, 3.63) is 24.3 Å². The normalized spacial score (nSPS) is 55.9. The standard InChI is InChI=1S/C42H58BN3O2/c1-4-18-30-23(11-1)25-13-9-15-27-35-36-28-16-10-14-26-24-12-2-5-19-31(24)45(39(26)28)46-32-20-6-8-22-34(32)48-42(40(36)46)41-37(35)43(44(30)38(25)27)29-17-3-7-21-33(29)47-41/h3,7,17,21,23-28,30-32,34-42H,1-2,4-6,8-16,18-20,22H2. The molecule has 0 amide bonds. The summed E-state index contributed by atoms with van der Waals surface area (Å²) in [6, 6.07) is 13.8. The monoisotopic (exact) mass is 647 g/mol. The van der Waals surface area contributed by atoms with Crippen molar-refractivity contribution in [1.29, 1.82) is 0 Å². The molecule has 6 aliphatic carbocycles. The maximum Gasteiger partial charge on any atom is 0.269 e. The van der Waals surface area contributed by atoms with E-state index in [4.69, 9.17) is 9.47 Å². The Balaban J connectivity index is 1.04. The molecule has 13 rings (SSSR count). The van der Waals surface area contributed by atoms with Crippen LogP contribution in [0.15, 0.2) is 24.3 Å². The van der Waals surface area contributed by atoms with Gasteiger partial charge in [0.2, 0.25) is 0 Å². The average Bonchev–Trinajstić information content (AvgIpc) is 3.66. The molecule has 0 aromatic heterocycles. The lowest BCUT2D eigenvalue weighted by atomic mass is 9.31. The van der Waals surface area contributed by atoms with E-state index in [1.165, 1.54) is 121 Å². The summed E-state index contributed by atoms with van der Waals surface area (Å²) in [6.07, 6.45) is 26.9. The summed E-state index contributed by atoms with van der Waals surface area (Å²) >= 11 is 0. The van der Waals surface area contributed by atoms with E-state index < -0.39 is 0 Å². The van der Waals surface area contributed by atoms with Crippen molar-refractivity contribution in [1.82, 2.24) is 14.8 Å². The number of nitrogens with zero attached hydrogens (tertiary/aromatic N) is 3. The van der Waals surface area contributed by atoms with E-state index in [0.717, 1.165) is 71.5 Å². The fourth-order valence-corrected chi connectivity index (χ4v) is 17.5. The molecule has 6 heteroatoms. The first kappa shape index (κ1) is 28.5. The minimum absolute atomic E-state index is 0.200. The molecule has 0 spiro atoms. The second-order valence-electron chi connectivity index (χ2n) is 19.5. The zero-order valence-corrected chi connectivity index (χ0v) is 29.2. The Labute approximate surface area is 289 Å². The zero-order chi connectivity index (χ0) is 30.8. The van der Waals surface area contributed by atoms with Crippen molar-refractivity contribution in [3.63, 3.8) is 0 Å². The minimum Gasteiger partial charge on any atom is -0.489 e. The van der Waals surface area contributed by atoms with E-state index >= 15 is 0 Å². The molecule has 6 saturated carbocycles. The van der Waals surface area contributed by atoms with Crippen LogP contribution >= 0.6 is 0 Å². The summed E-state index contributed by atoms with van der Waals surface area (Å²) in [5, 5.41) is 6.46. The summed E-state index contributed by atoms with van der Waals surface area (Å²) in [6.45, 7) is 0.533. The van der Waals surface area contributed by atoms with E-state index in [-0.39, 0.29) is 12.2 Å². The Morgan fingerprint density at radius 3 is 2.00 bits per heavy atom. The van der Waals surface area contributed by atoms with Crippen LogP contribution in [0.1, 0.15) is 116 Å².